The van der Waals surface area contributed by atoms with Gasteiger partial charge in [0, 0.05) is 19.2 Å². The highest BCUT2D eigenvalue weighted by Gasteiger charge is 2.12. The van der Waals surface area contributed by atoms with Crippen LogP contribution in [0, 0.1) is 13.8 Å². The Hall–Kier alpha value is -2.29. The fourth-order valence-electron chi connectivity index (χ4n) is 2.17. The summed E-state index contributed by atoms with van der Waals surface area (Å²) in [5.74, 6) is 0.815. The van der Waals surface area contributed by atoms with Crippen molar-refractivity contribution in [1.29, 1.82) is 0 Å². The topological polar surface area (TPSA) is 33.5 Å². The summed E-state index contributed by atoms with van der Waals surface area (Å²) in [7, 11) is 0. The van der Waals surface area contributed by atoms with E-state index in [9.17, 15) is 4.79 Å². The molecule has 3 nitrogen and oxygen atoms in total. The zero-order valence-electron chi connectivity index (χ0n) is 12.1. The maximum Gasteiger partial charge on any atom is 0.224 e. The average molecular weight is 269 g/mol. The fraction of sp³-hybridized carbons (Fsp3) is 0.235. The number of hydrogen-bond donors (Lipinski definition) is 0. The number of furan rings is 1. The molecule has 1 aromatic heterocycles. The molecule has 0 atom stereocenters. The quantitative estimate of drug-likeness (QED) is 0.841. The van der Waals surface area contributed by atoms with Gasteiger partial charge in [-0.3, -0.25) is 4.79 Å². The molecular weight excluding hydrogens is 250 g/mol. The minimum absolute atomic E-state index is 0.0287. The number of carbonyl (C=O) groups excluding carboxylic acids is 1. The zero-order valence-corrected chi connectivity index (χ0v) is 12.1. The summed E-state index contributed by atoms with van der Waals surface area (Å²) >= 11 is 0. The van der Waals surface area contributed by atoms with Crippen molar-refractivity contribution in [3.8, 4) is 0 Å². The molecule has 20 heavy (non-hydrogen) atoms. The standard InChI is InChI=1S/C17H19NO2/c1-13-8-9-17(14(2)12-13)18(15(3)19)10-4-6-16-7-5-11-20-16/h4-9,11-12H,10H2,1-3H3/b6-4+. The summed E-state index contributed by atoms with van der Waals surface area (Å²) in [5, 5.41) is 0. The van der Waals surface area contributed by atoms with Gasteiger partial charge in [-0.2, -0.15) is 0 Å². The number of amides is 1. The lowest BCUT2D eigenvalue weighted by Crippen LogP contribution is -2.29. The van der Waals surface area contributed by atoms with Gasteiger partial charge < -0.3 is 9.32 Å². The smallest absolute Gasteiger partial charge is 0.224 e. The molecule has 0 aliphatic carbocycles. The molecule has 0 N–H and O–H groups in total. The molecule has 0 radical (unpaired) electrons. The van der Waals surface area contributed by atoms with E-state index in [-0.39, 0.29) is 5.91 Å². The molecular formula is C17H19NO2. The van der Waals surface area contributed by atoms with E-state index in [0.29, 0.717) is 6.54 Å². The number of hydrogen-bond acceptors (Lipinski definition) is 2. The predicted molar refractivity (Wildman–Crippen MR) is 81.7 cm³/mol. The summed E-state index contributed by atoms with van der Waals surface area (Å²) in [6.45, 7) is 6.18. The van der Waals surface area contributed by atoms with Crippen LogP contribution in [0.5, 0.6) is 0 Å². The van der Waals surface area contributed by atoms with Crippen molar-refractivity contribution in [3.63, 3.8) is 0 Å². The Morgan fingerprint density at radius 3 is 2.70 bits per heavy atom. The number of benzene rings is 1. The molecule has 1 aromatic carbocycles. The molecule has 0 unspecified atom stereocenters. The molecule has 0 aliphatic rings. The molecule has 0 bridgehead atoms. The first-order valence-corrected chi connectivity index (χ1v) is 6.63. The Morgan fingerprint density at radius 2 is 2.10 bits per heavy atom. The number of aryl methyl sites for hydroxylation is 2. The second-order valence-corrected chi connectivity index (χ2v) is 4.84. The van der Waals surface area contributed by atoms with Crippen molar-refractivity contribution < 1.29 is 9.21 Å². The van der Waals surface area contributed by atoms with Crippen LogP contribution in [0.25, 0.3) is 6.08 Å². The van der Waals surface area contributed by atoms with E-state index in [4.69, 9.17) is 4.42 Å². The Bertz CT molecular complexity index is 612. The highest BCUT2D eigenvalue weighted by atomic mass is 16.3. The van der Waals surface area contributed by atoms with Gasteiger partial charge in [0.15, 0.2) is 0 Å². The summed E-state index contributed by atoms with van der Waals surface area (Å²) in [6.07, 6.45) is 5.44. The molecule has 2 aromatic rings. The van der Waals surface area contributed by atoms with Gasteiger partial charge in [-0.1, -0.05) is 23.8 Å². The van der Waals surface area contributed by atoms with Gasteiger partial charge in [-0.25, -0.2) is 0 Å². The van der Waals surface area contributed by atoms with E-state index in [2.05, 4.69) is 6.07 Å². The lowest BCUT2D eigenvalue weighted by molar-refractivity contribution is -0.116. The van der Waals surface area contributed by atoms with Crippen LogP contribution in [0.4, 0.5) is 5.69 Å². The Kier molecular flexibility index (Phi) is 4.41. The van der Waals surface area contributed by atoms with Gasteiger partial charge in [0.2, 0.25) is 5.91 Å². The first-order valence-electron chi connectivity index (χ1n) is 6.63. The molecule has 2 rings (SSSR count). The third-order valence-electron chi connectivity index (χ3n) is 3.14. The number of carbonyl (C=O) groups is 1. The SMILES string of the molecule is CC(=O)N(C/C=C/c1ccco1)c1ccc(C)cc1C. The lowest BCUT2D eigenvalue weighted by Gasteiger charge is -2.21. The lowest BCUT2D eigenvalue weighted by atomic mass is 10.1. The van der Waals surface area contributed by atoms with Crippen LogP contribution in [-0.4, -0.2) is 12.5 Å². The highest BCUT2D eigenvalue weighted by Crippen LogP contribution is 2.21. The summed E-state index contributed by atoms with van der Waals surface area (Å²) in [5.41, 5.74) is 3.25. The van der Waals surface area contributed by atoms with Gasteiger partial charge in [0.1, 0.15) is 5.76 Å². The van der Waals surface area contributed by atoms with Crippen molar-refractivity contribution >= 4 is 17.7 Å². The summed E-state index contributed by atoms with van der Waals surface area (Å²) in [6, 6.07) is 9.82. The van der Waals surface area contributed by atoms with Crippen LogP contribution in [0.1, 0.15) is 23.8 Å². The Morgan fingerprint density at radius 1 is 1.30 bits per heavy atom. The average Bonchev–Trinajstić information content (AvgIpc) is 2.88. The number of nitrogens with zero attached hydrogens (tertiary/aromatic N) is 1. The number of rotatable bonds is 4. The molecule has 0 saturated carbocycles. The fourth-order valence-corrected chi connectivity index (χ4v) is 2.17. The van der Waals surface area contributed by atoms with Gasteiger partial charge in [0.25, 0.3) is 0 Å². The van der Waals surface area contributed by atoms with E-state index in [1.54, 1.807) is 18.1 Å². The maximum absolute atomic E-state index is 11.8. The van der Waals surface area contributed by atoms with Crippen LogP contribution in [-0.2, 0) is 4.79 Å². The van der Waals surface area contributed by atoms with Crippen LogP contribution in [0.15, 0.2) is 47.1 Å². The molecule has 0 spiro atoms. The van der Waals surface area contributed by atoms with E-state index in [1.807, 2.05) is 50.3 Å². The van der Waals surface area contributed by atoms with E-state index in [0.717, 1.165) is 17.0 Å². The van der Waals surface area contributed by atoms with E-state index >= 15 is 0 Å². The third-order valence-corrected chi connectivity index (χ3v) is 3.14. The van der Waals surface area contributed by atoms with Crippen molar-refractivity contribution in [2.24, 2.45) is 0 Å². The summed E-state index contributed by atoms with van der Waals surface area (Å²) < 4.78 is 5.23. The van der Waals surface area contributed by atoms with E-state index < -0.39 is 0 Å². The maximum atomic E-state index is 11.8. The van der Waals surface area contributed by atoms with Crippen LogP contribution in [0.2, 0.25) is 0 Å². The van der Waals surface area contributed by atoms with Crippen molar-refractivity contribution in [1.82, 2.24) is 0 Å². The minimum Gasteiger partial charge on any atom is -0.465 e. The van der Waals surface area contributed by atoms with Gasteiger partial charge >= 0.3 is 0 Å². The van der Waals surface area contributed by atoms with Gasteiger partial charge in [0.05, 0.1) is 6.26 Å². The second-order valence-electron chi connectivity index (χ2n) is 4.84. The van der Waals surface area contributed by atoms with E-state index in [1.165, 1.54) is 5.56 Å². The van der Waals surface area contributed by atoms with Crippen LogP contribution >= 0.6 is 0 Å². The Labute approximate surface area is 119 Å². The zero-order chi connectivity index (χ0) is 14.5. The second kappa shape index (κ2) is 6.24. The molecule has 1 amide bonds. The van der Waals surface area contributed by atoms with Crippen molar-refractivity contribution in [2.75, 3.05) is 11.4 Å². The largest absolute Gasteiger partial charge is 0.465 e. The predicted octanol–water partition coefficient (Wildman–Crippen LogP) is 3.96. The molecule has 0 fully saturated rings. The molecule has 104 valence electrons. The molecule has 3 heteroatoms. The highest BCUT2D eigenvalue weighted by molar-refractivity contribution is 5.92. The molecule has 1 heterocycles. The van der Waals surface area contributed by atoms with Gasteiger partial charge in [-0.15, -0.1) is 0 Å². The third kappa shape index (κ3) is 3.38. The molecule has 0 aliphatic heterocycles. The van der Waals surface area contributed by atoms with Crippen molar-refractivity contribution in [2.45, 2.75) is 20.8 Å². The molecule has 0 saturated heterocycles. The summed E-state index contributed by atoms with van der Waals surface area (Å²) in [4.78, 5) is 13.6. The normalized spacial score (nSPS) is 10.9. The Balaban J connectivity index is 2.17. The number of anilines is 1. The van der Waals surface area contributed by atoms with Gasteiger partial charge in [-0.05, 0) is 43.7 Å². The van der Waals surface area contributed by atoms with Crippen LogP contribution in [0.3, 0.4) is 0 Å². The van der Waals surface area contributed by atoms with Crippen LogP contribution < -0.4 is 4.90 Å². The minimum atomic E-state index is 0.0287. The first-order chi connectivity index (χ1) is 9.58. The van der Waals surface area contributed by atoms with Crippen molar-refractivity contribution in [3.05, 3.63) is 59.6 Å². The monoisotopic (exact) mass is 269 g/mol. The first kappa shape index (κ1) is 14.1.